The van der Waals surface area contributed by atoms with Gasteiger partial charge in [0.05, 0.1) is 27.4 Å². The topological polar surface area (TPSA) is 70.8 Å². The summed E-state index contributed by atoms with van der Waals surface area (Å²) < 4.78 is 15.3. The second-order valence-electron chi connectivity index (χ2n) is 5.22. The van der Waals surface area contributed by atoms with E-state index in [4.69, 9.17) is 15.2 Å². The van der Waals surface area contributed by atoms with E-state index in [-0.39, 0.29) is 17.9 Å². The lowest BCUT2D eigenvalue weighted by Crippen LogP contribution is -2.28. The predicted molar refractivity (Wildman–Crippen MR) is 85.6 cm³/mol. The molecular weight excluding hydrogens is 282 g/mol. The molecule has 2 N–H and O–H groups in total. The van der Waals surface area contributed by atoms with Gasteiger partial charge >= 0.3 is 5.97 Å². The molecule has 5 heteroatoms. The highest BCUT2D eigenvalue weighted by molar-refractivity contribution is 5.81. The highest BCUT2D eigenvalue weighted by Gasteiger charge is 2.08. The average molecular weight is 307 g/mol. The van der Waals surface area contributed by atoms with Crippen LogP contribution >= 0.6 is 0 Å². The van der Waals surface area contributed by atoms with Crippen LogP contribution in [0.1, 0.15) is 18.9 Å². The molecule has 0 unspecified atom stereocenters. The fourth-order valence-corrected chi connectivity index (χ4v) is 1.98. The molecule has 1 aromatic carbocycles. The molecular formula is C17H25NO4. The Hall–Kier alpha value is -1.85. The third kappa shape index (κ3) is 7.24. The zero-order valence-electron chi connectivity index (χ0n) is 13.5. The van der Waals surface area contributed by atoms with E-state index in [2.05, 4.69) is 4.74 Å². The van der Waals surface area contributed by atoms with E-state index in [9.17, 15) is 4.79 Å². The average Bonchev–Trinajstić information content (AvgIpc) is 2.53. The summed E-state index contributed by atoms with van der Waals surface area (Å²) in [6, 6.07) is 7.66. The Morgan fingerprint density at radius 3 is 2.55 bits per heavy atom. The molecule has 0 radical (unpaired) electrons. The molecule has 0 aliphatic carbocycles. The van der Waals surface area contributed by atoms with Crippen LogP contribution in [0.25, 0.3) is 0 Å². The van der Waals surface area contributed by atoms with Gasteiger partial charge in [-0.3, -0.25) is 0 Å². The Kier molecular flexibility index (Phi) is 8.25. The molecule has 0 amide bonds. The summed E-state index contributed by atoms with van der Waals surface area (Å²) in [5, 5.41) is 0. The van der Waals surface area contributed by atoms with Crippen molar-refractivity contribution in [2.75, 3.05) is 20.8 Å². The molecule has 0 saturated heterocycles. The van der Waals surface area contributed by atoms with Crippen molar-refractivity contribution in [3.63, 3.8) is 0 Å². The van der Waals surface area contributed by atoms with Crippen LogP contribution in [0, 0.1) is 5.92 Å². The normalized spacial score (nSPS) is 13.8. The summed E-state index contributed by atoms with van der Waals surface area (Å²) in [4.78, 5) is 11.0. The second-order valence-corrected chi connectivity index (χ2v) is 5.22. The number of nitrogens with two attached hydrogens (primary N) is 1. The van der Waals surface area contributed by atoms with Crippen LogP contribution in [0.5, 0.6) is 5.75 Å². The van der Waals surface area contributed by atoms with Gasteiger partial charge in [0.1, 0.15) is 5.75 Å². The van der Waals surface area contributed by atoms with Crippen molar-refractivity contribution in [2.24, 2.45) is 11.7 Å². The number of esters is 1. The van der Waals surface area contributed by atoms with Crippen molar-refractivity contribution in [1.82, 2.24) is 0 Å². The minimum atomic E-state index is -0.351. The highest BCUT2D eigenvalue weighted by Crippen LogP contribution is 2.12. The molecule has 1 rings (SSSR count). The van der Waals surface area contributed by atoms with E-state index in [1.54, 1.807) is 13.2 Å². The Labute approximate surface area is 132 Å². The van der Waals surface area contributed by atoms with E-state index in [0.29, 0.717) is 13.2 Å². The van der Waals surface area contributed by atoms with Crippen molar-refractivity contribution in [1.29, 1.82) is 0 Å². The first-order chi connectivity index (χ1) is 10.5. The molecule has 2 atom stereocenters. The van der Waals surface area contributed by atoms with Crippen LogP contribution in [-0.2, 0) is 20.9 Å². The van der Waals surface area contributed by atoms with Gasteiger partial charge < -0.3 is 19.9 Å². The molecule has 0 aliphatic rings. The summed E-state index contributed by atoms with van der Waals surface area (Å²) in [5.74, 6) is 0.668. The maximum Gasteiger partial charge on any atom is 0.330 e. The van der Waals surface area contributed by atoms with Crippen molar-refractivity contribution in [3.05, 3.63) is 42.0 Å². The van der Waals surface area contributed by atoms with Gasteiger partial charge in [0.25, 0.3) is 0 Å². The molecule has 1 aromatic rings. The molecule has 0 aliphatic heterocycles. The van der Waals surface area contributed by atoms with Crippen LogP contribution in [0.15, 0.2) is 36.4 Å². The number of hydrogen-bond donors (Lipinski definition) is 1. The van der Waals surface area contributed by atoms with Gasteiger partial charge in [-0.2, -0.15) is 0 Å². The molecule has 5 nitrogen and oxygen atoms in total. The molecule has 22 heavy (non-hydrogen) atoms. The van der Waals surface area contributed by atoms with Crippen molar-refractivity contribution >= 4 is 5.97 Å². The first-order valence-electron chi connectivity index (χ1n) is 7.27. The first kappa shape index (κ1) is 18.2. The number of carbonyl (C=O) groups excluding carboxylic acids is 1. The number of allylic oxidation sites excluding steroid dienone is 1. The van der Waals surface area contributed by atoms with E-state index < -0.39 is 0 Å². The standard InChI is InChI=1S/C17H25NO4/c1-13(4-9-17(19)21-3)10-15(18)12-22-11-14-5-7-16(20-2)8-6-14/h4-9,13,15H,10-12,18H2,1-3H3/b9-4+/t13-,15+/m1/s1. The van der Waals surface area contributed by atoms with E-state index in [1.807, 2.05) is 31.2 Å². The number of methoxy groups -OCH3 is 2. The van der Waals surface area contributed by atoms with Crippen LogP contribution in [-0.4, -0.2) is 32.8 Å². The van der Waals surface area contributed by atoms with Gasteiger partial charge in [-0.15, -0.1) is 0 Å². The Morgan fingerprint density at radius 1 is 1.27 bits per heavy atom. The molecule has 122 valence electrons. The van der Waals surface area contributed by atoms with Crippen LogP contribution in [0.2, 0.25) is 0 Å². The SMILES string of the molecule is COC(=O)/C=C/[C@@H](C)C[C@H](N)COCc1ccc(OC)cc1. The van der Waals surface area contributed by atoms with Gasteiger partial charge in [-0.05, 0) is 30.0 Å². The lowest BCUT2D eigenvalue weighted by Gasteiger charge is -2.15. The Balaban J connectivity index is 2.26. The van der Waals surface area contributed by atoms with Gasteiger partial charge in [-0.25, -0.2) is 4.79 Å². The quantitative estimate of drug-likeness (QED) is 0.560. The molecule has 0 bridgehead atoms. The third-order valence-corrected chi connectivity index (χ3v) is 3.20. The fraction of sp³-hybridized carbons (Fsp3) is 0.471. The Bertz CT molecular complexity index is 470. The summed E-state index contributed by atoms with van der Waals surface area (Å²) in [5.41, 5.74) is 7.10. The highest BCUT2D eigenvalue weighted by atomic mass is 16.5. The lowest BCUT2D eigenvalue weighted by atomic mass is 10.0. The maximum atomic E-state index is 11.0. The van der Waals surface area contributed by atoms with Gasteiger partial charge in [0.15, 0.2) is 0 Å². The van der Waals surface area contributed by atoms with Crippen molar-refractivity contribution < 1.29 is 19.0 Å². The van der Waals surface area contributed by atoms with E-state index in [0.717, 1.165) is 17.7 Å². The fourth-order valence-electron chi connectivity index (χ4n) is 1.98. The largest absolute Gasteiger partial charge is 0.497 e. The zero-order chi connectivity index (χ0) is 16.4. The number of ether oxygens (including phenoxy) is 3. The molecule has 0 spiro atoms. The summed E-state index contributed by atoms with van der Waals surface area (Å²) in [7, 11) is 3.00. The third-order valence-electron chi connectivity index (χ3n) is 3.20. The van der Waals surface area contributed by atoms with E-state index in [1.165, 1.54) is 13.2 Å². The smallest absolute Gasteiger partial charge is 0.330 e. The van der Waals surface area contributed by atoms with Crippen LogP contribution in [0.3, 0.4) is 0 Å². The maximum absolute atomic E-state index is 11.0. The molecule has 0 aromatic heterocycles. The number of rotatable bonds is 9. The van der Waals surface area contributed by atoms with Gasteiger partial charge in [-0.1, -0.05) is 25.1 Å². The number of benzene rings is 1. The van der Waals surface area contributed by atoms with Gasteiger partial charge in [0.2, 0.25) is 0 Å². The molecule has 0 saturated carbocycles. The monoisotopic (exact) mass is 307 g/mol. The van der Waals surface area contributed by atoms with Crippen molar-refractivity contribution in [2.45, 2.75) is 26.0 Å². The zero-order valence-corrected chi connectivity index (χ0v) is 13.5. The lowest BCUT2D eigenvalue weighted by molar-refractivity contribution is -0.134. The second kappa shape index (κ2) is 9.97. The number of hydrogen-bond acceptors (Lipinski definition) is 5. The predicted octanol–water partition coefficient (Wildman–Crippen LogP) is 2.29. The minimum Gasteiger partial charge on any atom is -0.497 e. The number of carbonyl (C=O) groups is 1. The van der Waals surface area contributed by atoms with Gasteiger partial charge in [0, 0.05) is 12.1 Å². The minimum absolute atomic E-state index is 0.0736. The summed E-state index contributed by atoms with van der Waals surface area (Å²) >= 11 is 0. The van der Waals surface area contributed by atoms with E-state index >= 15 is 0 Å². The molecule has 0 fully saturated rings. The van der Waals surface area contributed by atoms with Crippen molar-refractivity contribution in [3.8, 4) is 5.75 Å². The van der Waals surface area contributed by atoms with Crippen LogP contribution < -0.4 is 10.5 Å². The van der Waals surface area contributed by atoms with Crippen LogP contribution in [0.4, 0.5) is 0 Å². The summed E-state index contributed by atoms with van der Waals surface area (Å²) in [6.45, 7) is 3.00. The molecule has 0 heterocycles. The first-order valence-corrected chi connectivity index (χ1v) is 7.27. The summed E-state index contributed by atoms with van der Waals surface area (Å²) in [6.07, 6.45) is 3.97. The Morgan fingerprint density at radius 2 is 1.95 bits per heavy atom.